The summed E-state index contributed by atoms with van der Waals surface area (Å²) in [4.78, 5) is 11.2. The van der Waals surface area contributed by atoms with Crippen LogP contribution in [0.3, 0.4) is 0 Å². The maximum absolute atomic E-state index is 12.5. The summed E-state index contributed by atoms with van der Waals surface area (Å²) in [6.07, 6.45) is 8.20. The van der Waals surface area contributed by atoms with Crippen molar-refractivity contribution in [1.29, 1.82) is 5.26 Å². The minimum atomic E-state index is -1.12. The van der Waals surface area contributed by atoms with E-state index in [0.29, 0.717) is 39.2 Å². The molecule has 4 heterocycles. The molecule has 0 saturated carbocycles. The molecule has 0 N–H and O–H groups in total. The lowest BCUT2D eigenvalue weighted by molar-refractivity contribution is 0.00368. The van der Waals surface area contributed by atoms with E-state index in [1.54, 1.807) is 12.5 Å². The van der Waals surface area contributed by atoms with E-state index in [1.165, 1.54) is 0 Å². The molecule has 0 bridgehead atoms. The van der Waals surface area contributed by atoms with Crippen LogP contribution in [0, 0.1) is 11.3 Å². The summed E-state index contributed by atoms with van der Waals surface area (Å²) in [7, 11) is -1.12. The molecule has 1 saturated heterocycles. The molecule has 0 aromatic carbocycles. The third-order valence-electron chi connectivity index (χ3n) is 6.18. The van der Waals surface area contributed by atoms with E-state index in [2.05, 4.69) is 45.7 Å². The first kappa shape index (κ1) is 23.5. The van der Waals surface area contributed by atoms with E-state index in [4.69, 9.17) is 4.74 Å². The minimum Gasteiger partial charge on any atom is -0.361 e. The van der Waals surface area contributed by atoms with Crippen molar-refractivity contribution in [2.75, 3.05) is 32.9 Å². The van der Waals surface area contributed by atoms with Gasteiger partial charge in [0.05, 0.1) is 31.1 Å². The summed E-state index contributed by atoms with van der Waals surface area (Å²) in [5.41, 5.74) is 2.16. The van der Waals surface area contributed by atoms with Crippen molar-refractivity contribution in [3.05, 3.63) is 31.0 Å². The predicted octanol–water partition coefficient (Wildman–Crippen LogP) is 3.89. The van der Waals surface area contributed by atoms with Crippen LogP contribution in [0.4, 0.5) is 4.39 Å². The van der Waals surface area contributed by atoms with Crippen molar-refractivity contribution in [2.45, 2.75) is 50.8 Å². The highest BCUT2D eigenvalue weighted by Gasteiger charge is 2.45. The number of ether oxygens (including phenoxy) is 1. The van der Waals surface area contributed by atoms with Gasteiger partial charge in [0.25, 0.3) is 0 Å². The van der Waals surface area contributed by atoms with Crippen LogP contribution in [0.25, 0.3) is 22.3 Å². The summed E-state index contributed by atoms with van der Waals surface area (Å²) in [5, 5.41) is 14.9. The average molecular weight is 470 g/mol. The number of nitriles is 1. The minimum absolute atomic E-state index is 0.319. The topological polar surface area (TPSA) is 84.8 Å². The monoisotopic (exact) mass is 469 g/mol. The molecule has 0 radical (unpaired) electrons. The summed E-state index contributed by atoms with van der Waals surface area (Å²) in [5.74, 6) is 0. The average Bonchev–Trinajstić information content (AvgIpc) is 3.40. The maximum Gasteiger partial charge on any atom is 0.145 e. The van der Waals surface area contributed by atoms with E-state index in [1.807, 2.05) is 27.7 Å². The molecule has 3 aromatic rings. The molecule has 0 atom stereocenters. The molecule has 33 heavy (non-hydrogen) atoms. The zero-order valence-corrected chi connectivity index (χ0v) is 20.7. The standard InChI is InChI=1S/C23H32FN7OSi/c1-33(2,3)12-11-32-18-30-10-5-20-21(26-17-27-22(20)30)19-13-28-31(14-19)23(6-8-25)15-29(16-23)9-4-7-24/h5,10,13-14,17H,4,6-7,9,11-12,15-16,18H2,1-3H3. The van der Waals surface area contributed by atoms with Gasteiger partial charge in [-0.3, -0.25) is 14.0 Å². The van der Waals surface area contributed by atoms with Crippen LogP contribution in [-0.4, -0.2) is 70.2 Å². The van der Waals surface area contributed by atoms with Gasteiger partial charge in [-0.05, 0) is 18.5 Å². The lowest BCUT2D eigenvalue weighted by Crippen LogP contribution is -2.62. The lowest BCUT2D eigenvalue weighted by atomic mass is 9.86. The Balaban J connectivity index is 1.51. The van der Waals surface area contributed by atoms with Gasteiger partial charge in [0.2, 0.25) is 0 Å². The molecule has 0 amide bonds. The van der Waals surface area contributed by atoms with Crippen molar-refractivity contribution >= 4 is 19.1 Å². The van der Waals surface area contributed by atoms with Gasteiger partial charge in [0.1, 0.15) is 24.2 Å². The fourth-order valence-electron chi connectivity index (χ4n) is 4.30. The molecule has 0 spiro atoms. The van der Waals surface area contributed by atoms with Gasteiger partial charge < -0.3 is 9.30 Å². The van der Waals surface area contributed by atoms with Gasteiger partial charge in [-0.15, -0.1) is 0 Å². The van der Waals surface area contributed by atoms with Crippen LogP contribution in [0.2, 0.25) is 25.7 Å². The normalized spacial score (nSPS) is 16.1. The molecule has 1 aliphatic rings. The molecule has 10 heteroatoms. The van der Waals surface area contributed by atoms with Gasteiger partial charge in [-0.25, -0.2) is 9.97 Å². The van der Waals surface area contributed by atoms with E-state index in [9.17, 15) is 9.65 Å². The number of rotatable bonds is 11. The van der Waals surface area contributed by atoms with Gasteiger partial charge in [-0.2, -0.15) is 10.4 Å². The number of likely N-dealkylation sites (tertiary alicyclic amines) is 1. The first-order chi connectivity index (χ1) is 15.8. The molecule has 3 aromatic heterocycles. The Hall–Kier alpha value is -2.61. The highest BCUT2D eigenvalue weighted by atomic mass is 28.3. The molecular formula is C23H32FN7OSi. The van der Waals surface area contributed by atoms with Gasteiger partial charge in [0, 0.05) is 57.7 Å². The van der Waals surface area contributed by atoms with Crippen molar-refractivity contribution in [2.24, 2.45) is 0 Å². The Morgan fingerprint density at radius 3 is 2.82 bits per heavy atom. The zero-order valence-electron chi connectivity index (χ0n) is 19.7. The second-order valence-corrected chi connectivity index (χ2v) is 15.7. The van der Waals surface area contributed by atoms with Gasteiger partial charge in [-0.1, -0.05) is 19.6 Å². The number of aromatic nitrogens is 5. The second kappa shape index (κ2) is 9.71. The van der Waals surface area contributed by atoms with E-state index < -0.39 is 8.07 Å². The Kier molecular flexibility index (Phi) is 6.93. The Morgan fingerprint density at radius 2 is 2.09 bits per heavy atom. The largest absolute Gasteiger partial charge is 0.361 e. The molecule has 176 valence electrons. The smallest absolute Gasteiger partial charge is 0.145 e. The Bertz CT molecular complexity index is 1120. The first-order valence-electron chi connectivity index (χ1n) is 11.4. The van der Waals surface area contributed by atoms with Crippen molar-refractivity contribution in [3.8, 4) is 17.3 Å². The van der Waals surface area contributed by atoms with Crippen LogP contribution in [0.5, 0.6) is 0 Å². The quantitative estimate of drug-likeness (QED) is 0.313. The van der Waals surface area contributed by atoms with Crippen LogP contribution >= 0.6 is 0 Å². The summed E-state index contributed by atoms with van der Waals surface area (Å²) >= 11 is 0. The van der Waals surface area contributed by atoms with Crippen LogP contribution in [0.1, 0.15) is 12.8 Å². The van der Waals surface area contributed by atoms with Gasteiger partial charge in [0.15, 0.2) is 0 Å². The molecule has 0 aliphatic carbocycles. The van der Waals surface area contributed by atoms with E-state index in [-0.39, 0.29) is 12.2 Å². The highest BCUT2D eigenvalue weighted by Crippen LogP contribution is 2.34. The fourth-order valence-corrected chi connectivity index (χ4v) is 5.05. The Morgan fingerprint density at radius 1 is 1.27 bits per heavy atom. The summed E-state index contributed by atoms with van der Waals surface area (Å²) < 4.78 is 22.3. The van der Waals surface area contributed by atoms with Crippen molar-refractivity contribution in [3.63, 3.8) is 0 Å². The van der Waals surface area contributed by atoms with Crippen LogP contribution in [-0.2, 0) is 17.0 Å². The zero-order chi connectivity index (χ0) is 23.5. The molecular weight excluding hydrogens is 437 g/mol. The maximum atomic E-state index is 12.5. The number of alkyl halides is 1. The van der Waals surface area contributed by atoms with Crippen molar-refractivity contribution in [1.82, 2.24) is 29.2 Å². The molecule has 1 aliphatic heterocycles. The van der Waals surface area contributed by atoms with E-state index in [0.717, 1.165) is 34.9 Å². The SMILES string of the molecule is C[Si](C)(C)CCOCn1ccc2c(-c3cnn(C4(CC#N)CN(CCCF)C4)c3)ncnc21. The molecule has 0 unspecified atom stereocenters. The number of halogens is 1. The van der Waals surface area contributed by atoms with Gasteiger partial charge >= 0.3 is 0 Å². The number of hydrogen-bond donors (Lipinski definition) is 0. The molecule has 8 nitrogen and oxygen atoms in total. The number of hydrogen-bond acceptors (Lipinski definition) is 6. The third kappa shape index (κ3) is 5.16. The van der Waals surface area contributed by atoms with E-state index >= 15 is 0 Å². The number of fused-ring (bicyclic) bond motifs is 1. The van der Waals surface area contributed by atoms with Crippen LogP contribution < -0.4 is 0 Å². The van der Waals surface area contributed by atoms with Crippen molar-refractivity contribution < 1.29 is 9.13 Å². The molecule has 4 rings (SSSR count). The second-order valence-electron chi connectivity index (χ2n) is 10.1. The Labute approximate surface area is 195 Å². The summed E-state index contributed by atoms with van der Waals surface area (Å²) in [6, 6.07) is 5.44. The third-order valence-corrected chi connectivity index (χ3v) is 7.88. The van der Waals surface area contributed by atoms with Crippen LogP contribution in [0.15, 0.2) is 31.0 Å². The molecule has 1 fully saturated rings. The fraction of sp³-hybridized carbons (Fsp3) is 0.565. The highest BCUT2D eigenvalue weighted by molar-refractivity contribution is 6.76. The first-order valence-corrected chi connectivity index (χ1v) is 15.1. The number of nitrogens with zero attached hydrogens (tertiary/aromatic N) is 7. The summed E-state index contributed by atoms with van der Waals surface area (Å²) in [6.45, 7) is 10.0. The lowest BCUT2D eigenvalue weighted by Gasteiger charge is -2.49. The predicted molar refractivity (Wildman–Crippen MR) is 128 cm³/mol.